The first-order valence-corrected chi connectivity index (χ1v) is 9.04. The van der Waals surface area contributed by atoms with Crippen LogP contribution < -0.4 is 10.1 Å². The van der Waals surface area contributed by atoms with Crippen molar-refractivity contribution >= 4 is 11.6 Å². The van der Waals surface area contributed by atoms with Crippen LogP contribution in [0.1, 0.15) is 46.9 Å². The van der Waals surface area contributed by atoms with Gasteiger partial charge in [0.25, 0.3) is 5.91 Å². The van der Waals surface area contributed by atoms with Crippen molar-refractivity contribution in [2.45, 2.75) is 33.6 Å². The van der Waals surface area contributed by atoms with Crippen LogP contribution in [-0.4, -0.2) is 15.7 Å². The lowest BCUT2D eigenvalue weighted by atomic mass is 10.0. The molecule has 0 radical (unpaired) electrons. The second-order valence-electron chi connectivity index (χ2n) is 7.05. The zero-order chi connectivity index (χ0) is 19.6. The standard InChI is InChI=1S/C22H25N3O2/c1-14(2)17-11-10-15(3)12-21(17)27-20-9-7-6-8-19(20)23-22(26)18-13-25(5)24-16(18)4/h6-14H,1-5H3,(H,23,26). The number of nitrogens with one attached hydrogen (secondary N) is 1. The quantitative estimate of drug-likeness (QED) is 0.677. The van der Waals surface area contributed by atoms with Crippen molar-refractivity contribution in [1.29, 1.82) is 0 Å². The van der Waals surface area contributed by atoms with Gasteiger partial charge < -0.3 is 10.1 Å². The molecule has 3 aromatic rings. The van der Waals surface area contributed by atoms with E-state index < -0.39 is 0 Å². The van der Waals surface area contributed by atoms with Crippen molar-refractivity contribution < 1.29 is 9.53 Å². The Bertz CT molecular complexity index is 973. The summed E-state index contributed by atoms with van der Waals surface area (Å²) in [6.45, 7) is 8.13. The molecule has 1 heterocycles. The van der Waals surface area contributed by atoms with Crippen LogP contribution in [-0.2, 0) is 7.05 Å². The molecule has 0 bridgehead atoms. The molecule has 2 aromatic carbocycles. The average molecular weight is 363 g/mol. The monoisotopic (exact) mass is 363 g/mol. The Hall–Kier alpha value is -3.08. The van der Waals surface area contributed by atoms with Crippen molar-refractivity contribution in [2.75, 3.05) is 5.32 Å². The van der Waals surface area contributed by atoms with Crippen molar-refractivity contribution in [3.8, 4) is 11.5 Å². The van der Waals surface area contributed by atoms with E-state index in [-0.39, 0.29) is 5.91 Å². The lowest BCUT2D eigenvalue weighted by Crippen LogP contribution is -2.13. The Kier molecular flexibility index (Phi) is 5.31. The Morgan fingerprint density at radius 1 is 1.11 bits per heavy atom. The number of rotatable bonds is 5. The van der Waals surface area contributed by atoms with E-state index in [0.717, 1.165) is 16.9 Å². The number of aryl methyl sites for hydroxylation is 3. The molecule has 0 aliphatic rings. The summed E-state index contributed by atoms with van der Waals surface area (Å²) in [6.07, 6.45) is 1.71. The van der Waals surface area contributed by atoms with Gasteiger partial charge in [-0.05, 0) is 49.1 Å². The molecular formula is C22H25N3O2. The highest BCUT2D eigenvalue weighted by Crippen LogP contribution is 2.35. The highest BCUT2D eigenvalue weighted by Gasteiger charge is 2.16. The van der Waals surface area contributed by atoms with Crippen molar-refractivity contribution in [3.05, 3.63) is 71.0 Å². The van der Waals surface area contributed by atoms with Crippen LogP contribution in [0.3, 0.4) is 0 Å². The highest BCUT2D eigenvalue weighted by molar-refractivity contribution is 6.05. The third kappa shape index (κ3) is 4.19. The number of carbonyl (C=O) groups is 1. The molecule has 1 amide bonds. The first kappa shape index (κ1) is 18.7. The summed E-state index contributed by atoms with van der Waals surface area (Å²) in [5.41, 5.74) is 4.12. The van der Waals surface area contributed by atoms with Gasteiger partial charge in [-0.2, -0.15) is 5.10 Å². The summed E-state index contributed by atoms with van der Waals surface area (Å²) in [5.74, 6) is 1.55. The minimum atomic E-state index is -0.204. The summed E-state index contributed by atoms with van der Waals surface area (Å²) < 4.78 is 7.85. The van der Waals surface area contributed by atoms with Crippen LogP contribution in [0.15, 0.2) is 48.7 Å². The predicted octanol–water partition coefficient (Wildman–Crippen LogP) is 5.20. The van der Waals surface area contributed by atoms with E-state index in [2.05, 4.69) is 36.4 Å². The normalized spacial score (nSPS) is 10.9. The van der Waals surface area contributed by atoms with Gasteiger partial charge in [0.15, 0.2) is 5.75 Å². The molecule has 5 heteroatoms. The van der Waals surface area contributed by atoms with Gasteiger partial charge in [0, 0.05) is 13.2 Å². The fourth-order valence-corrected chi connectivity index (χ4v) is 3.00. The van der Waals surface area contributed by atoms with E-state index in [1.54, 1.807) is 17.9 Å². The Balaban J connectivity index is 1.90. The lowest BCUT2D eigenvalue weighted by molar-refractivity contribution is 0.102. The number of ether oxygens (including phenoxy) is 1. The minimum Gasteiger partial charge on any atom is -0.455 e. The van der Waals surface area contributed by atoms with Crippen molar-refractivity contribution in [3.63, 3.8) is 0 Å². The molecule has 0 saturated heterocycles. The zero-order valence-electron chi connectivity index (χ0n) is 16.4. The van der Waals surface area contributed by atoms with Crippen LogP contribution in [0.25, 0.3) is 0 Å². The van der Waals surface area contributed by atoms with Gasteiger partial charge in [0.05, 0.1) is 16.9 Å². The molecule has 0 aliphatic carbocycles. The number of carbonyl (C=O) groups excluding carboxylic acids is 1. The third-order valence-corrected chi connectivity index (χ3v) is 4.40. The highest BCUT2D eigenvalue weighted by atomic mass is 16.5. The summed E-state index contributed by atoms with van der Waals surface area (Å²) in [7, 11) is 1.80. The van der Waals surface area contributed by atoms with E-state index in [4.69, 9.17) is 4.74 Å². The van der Waals surface area contributed by atoms with Gasteiger partial charge >= 0.3 is 0 Å². The fourth-order valence-electron chi connectivity index (χ4n) is 3.00. The van der Waals surface area contributed by atoms with Crippen LogP contribution in [0, 0.1) is 13.8 Å². The number of amides is 1. The lowest BCUT2D eigenvalue weighted by Gasteiger charge is -2.17. The number of benzene rings is 2. The number of hydrogen-bond acceptors (Lipinski definition) is 3. The van der Waals surface area contributed by atoms with Crippen LogP contribution in [0.4, 0.5) is 5.69 Å². The number of nitrogens with zero attached hydrogens (tertiary/aromatic N) is 2. The number of para-hydroxylation sites is 2. The maximum absolute atomic E-state index is 12.7. The molecule has 0 spiro atoms. The minimum absolute atomic E-state index is 0.204. The molecule has 27 heavy (non-hydrogen) atoms. The summed E-state index contributed by atoms with van der Waals surface area (Å²) in [5, 5.41) is 7.18. The summed E-state index contributed by atoms with van der Waals surface area (Å²) >= 11 is 0. The molecule has 140 valence electrons. The molecule has 5 nitrogen and oxygen atoms in total. The maximum atomic E-state index is 12.7. The SMILES string of the molecule is Cc1ccc(C(C)C)c(Oc2ccccc2NC(=O)c2cn(C)nc2C)c1. The molecule has 0 saturated carbocycles. The van der Waals surface area contributed by atoms with Gasteiger partial charge in [0.2, 0.25) is 0 Å². The first-order chi connectivity index (χ1) is 12.8. The Morgan fingerprint density at radius 2 is 1.85 bits per heavy atom. The van der Waals surface area contributed by atoms with Gasteiger partial charge in [-0.15, -0.1) is 0 Å². The number of aromatic nitrogens is 2. The van der Waals surface area contributed by atoms with E-state index in [1.165, 1.54) is 0 Å². The van der Waals surface area contributed by atoms with Crippen LogP contribution >= 0.6 is 0 Å². The molecule has 0 fully saturated rings. The van der Waals surface area contributed by atoms with E-state index >= 15 is 0 Å². The smallest absolute Gasteiger partial charge is 0.259 e. The van der Waals surface area contributed by atoms with Crippen molar-refractivity contribution in [2.24, 2.45) is 7.05 Å². The second kappa shape index (κ2) is 7.66. The van der Waals surface area contributed by atoms with Gasteiger partial charge in [-0.25, -0.2) is 0 Å². The van der Waals surface area contributed by atoms with Crippen molar-refractivity contribution in [1.82, 2.24) is 9.78 Å². The molecular weight excluding hydrogens is 338 g/mol. The molecule has 0 atom stereocenters. The van der Waals surface area contributed by atoms with Crippen LogP contribution in [0.2, 0.25) is 0 Å². The maximum Gasteiger partial charge on any atom is 0.259 e. The van der Waals surface area contributed by atoms with E-state index in [1.807, 2.05) is 44.2 Å². The Morgan fingerprint density at radius 3 is 2.52 bits per heavy atom. The summed E-state index contributed by atoms with van der Waals surface area (Å²) in [6, 6.07) is 13.7. The predicted molar refractivity (Wildman–Crippen MR) is 108 cm³/mol. The molecule has 3 rings (SSSR count). The van der Waals surface area contributed by atoms with Crippen LogP contribution in [0.5, 0.6) is 11.5 Å². The van der Waals surface area contributed by atoms with E-state index in [9.17, 15) is 4.79 Å². The van der Waals surface area contributed by atoms with Gasteiger partial charge in [-0.3, -0.25) is 9.48 Å². The molecule has 1 N–H and O–H groups in total. The fraction of sp³-hybridized carbons (Fsp3) is 0.273. The molecule has 0 aliphatic heterocycles. The molecule has 1 aromatic heterocycles. The number of anilines is 1. The average Bonchev–Trinajstić information content (AvgIpc) is 2.95. The second-order valence-corrected chi connectivity index (χ2v) is 7.05. The first-order valence-electron chi connectivity index (χ1n) is 9.04. The molecule has 0 unspecified atom stereocenters. The van der Waals surface area contributed by atoms with Gasteiger partial charge in [0.1, 0.15) is 5.75 Å². The Labute approximate surface area is 160 Å². The number of hydrogen-bond donors (Lipinski definition) is 1. The van der Waals surface area contributed by atoms with Gasteiger partial charge in [-0.1, -0.05) is 38.1 Å². The third-order valence-electron chi connectivity index (χ3n) is 4.40. The largest absolute Gasteiger partial charge is 0.455 e. The zero-order valence-corrected chi connectivity index (χ0v) is 16.4. The summed E-state index contributed by atoms with van der Waals surface area (Å²) in [4.78, 5) is 12.7. The topological polar surface area (TPSA) is 56.1 Å². The van der Waals surface area contributed by atoms with E-state index in [0.29, 0.717) is 28.6 Å².